The molecule has 0 saturated carbocycles. The Bertz CT molecular complexity index is 564. The highest BCUT2D eigenvalue weighted by Gasteiger charge is 2.21. The van der Waals surface area contributed by atoms with Crippen molar-refractivity contribution in [1.82, 2.24) is 0 Å². The van der Waals surface area contributed by atoms with Gasteiger partial charge in [-0.1, -0.05) is 0 Å². The molecule has 0 aliphatic rings. The first-order valence-corrected chi connectivity index (χ1v) is 7.79. The van der Waals surface area contributed by atoms with Crippen molar-refractivity contribution in [3.05, 3.63) is 23.8 Å². The number of benzene rings is 1. The molecule has 0 aliphatic carbocycles. The molecule has 0 bridgehead atoms. The number of hydrogen-bond acceptors (Lipinski definition) is 5. The van der Waals surface area contributed by atoms with Crippen molar-refractivity contribution in [3.63, 3.8) is 0 Å². The second-order valence-electron chi connectivity index (χ2n) is 4.04. The van der Waals surface area contributed by atoms with Crippen LogP contribution in [-0.2, 0) is 14.6 Å². The van der Waals surface area contributed by atoms with Gasteiger partial charge < -0.3 is 14.6 Å². The first-order chi connectivity index (χ1) is 9.42. The number of aromatic carboxylic acids is 1. The lowest BCUT2D eigenvalue weighted by molar-refractivity contribution is 0.0696. The quantitative estimate of drug-likeness (QED) is 0.733. The first kappa shape index (κ1) is 16.5. The summed E-state index contributed by atoms with van der Waals surface area (Å²) in [5.41, 5.74) is -0.0887. The molecule has 0 fully saturated rings. The molecule has 0 aromatic heterocycles. The molecule has 0 aliphatic heterocycles. The van der Waals surface area contributed by atoms with E-state index < -0.39 is 15.8 Å². The molecule has 0 radical (unpaired) electrons. The molecule has 0 spiro atoms. The van der Waals surface area contributed by atoms with Gasteiger partial charge in [0.15, 0.2) is 9.84 Å². The first-order valence-electron chi connectivity index (χ1n) is 6.14. The van der Waals surface area contributed by atoms with Crippen molar-refractivity contribution >= 4 is 15.8 Å². The zero-order valence-corrected chi connectivity index (χ0v) is 12.3. The van der Waals surface area contributed by atoms with Crippen LogP contribution in [0.2, 0.25) is 0 Å². The standard InChI is InChI=1S/C13H18O6S/c1-3-19-7-4-8-20(16,17)12-9-10(13(14)15)5-6-11(12)18-2/h5-6,9H,3-4,7-8H2,1-2H3,(H,14,15). The maximum atomic E-state index is 12.2. The monoisotopic (exact) mass is 302 g/mol. The Morgan fingerprint density at radius 1 is 1.35 bits per heavy atom. The van der Waals surface area contributed by atoms with E-state index >= 15 is 0 Å². The van der Waals surface area contributed by atoms with Crippen molar-refractivity contribution in [2.24, 2.45) is 0 Å². The molecule has 0 saturated heterocycles. The van der Waals surface area contributed by atoms with Gasteiger partial charge in [0.05, 0.1) is 18.4 Å². The molecule has 112 valence electrons. The maximum Gasteiger partial charge on any atom is 0.335 e. The van der Waals surface area contributed by atoms with E-state index in [1.807, 2.05) is 6.92 Å². The lowest BCUT2D eigenvalue weighted by atomic mass is 10.2. The molecule has 0 heterocycles. The highest BCUT2D eigenvalue weighted by molar-refractivity contribution is 7.91. The Labute approximate surface area is 118 Å². The van der Waals surface area contributed by atoms with Gasteiger partial charge in [-0.15, -0.1) is 0 Å². The number of rotatable bonds is 8. The van der Waals surface area contributed by atoms with E-state index in [2.05, 4.69) is 0 Å². The van der Waals surface area contributed by atoms with Gasteiger partial charge in [0, 0.05) is 13.2 Å². The van der Waals surface area contributed by atoms with Crippen molar-refractivity contribution in [1.29, 1.82) is 0 Å². The average molecular weight is 302 g/mol. The smallest absolute Gasteiger partial charge is 0.335 e. The molecular formula is C13H18O6S. The third-order valence-electron chi connectivity index (χ3n) is 2.65. The fourth-order valence-electron chi connectivity index (χ4n) is 1.66. The van der Waals surface area contributed by atoms with Crippen LogP contribution in [0.15, 0.2) is 23.1 Å². The normalized spacial score (nSPS) is 11.3. The number of carboxylic acid groups (broad SMARTS) is 1. The van der Waals surface area contributed by atoms with Crippen LogP contribution in [-0.4, -0.2) is 45.6 Å². The zero-order valence-electron chi connectivity index (χ0n) is 11.5. The van der Waals surface area contributed by atoms with E-state index in [0.717, 1.165) is 6.07 Å². The topological polar surface area (TPSA) is 89.9 Å². The molecule has 1 aromatic carbocycles. The molecular weight excluding hydrogens is 284 g/mol. The number of sulfone groups is 1. The number of carboxylic acids is 1. The minimum absolute atomic E-state index is 0.0887. The molecule has 1 rings (SSSR count). The number of ether oxygens (including phenoxy) is 2. The van der Waals surface area contributed by atoms with E-state index in [0.29, 0.717) is 19.6 Å². The predicted molar refractivity (Wildman–Crippen MR) is 73.1 cm³/mol. The Hall–Kier alpha value is -1.60. The second kappa shape index (κ2) is 7.25. The predicted octanol–water partition coefficient (Wildman–Crippen LogP) is 1.59. The van der Waals surface area contributed by atoms with Crippen LogP contribution in [0.5, 0.6) is 5.75 Å². The third-order valence-corrected chi connectivity index (χ3v) is 4.47. The Kier molecular flexibility index (Phi) is 5.97. The summed E-state index contributed by atoms with van der Waals surface area (Å²) in [7, 11) is -2.27. The fourth-order valence-corrected chi connectivity index (χ4v) is 3.14. The van der Waals surface area contributed by atoms with Gasteiger partial charge in [-0.2, -0.15) is 0 Å². The van der Waals surface area contributed by atoms with Crippen molar-refractivity contribution < 1.29 is 27.8 Å². The molecule has 6 nitrogen and oxygen atoms in total. The summed E-state index contributed by atoms with van der Waals surface area (Å²) in [6.07, 6.45) is 0.344. The van der Waals surface area contributed by atoms with E-state index in [9.17, 15) is 13.2 Å². The van der Waals surface area contributed by atoms with E-state index in [1.165, 1.54) is 19.2 Å². The van der Waals surface area contributed by atoms with Crippen LogP contribution in [0.25, 0.3) is 0 Å². The van der Waals surface area contributed by atoms with Crippen LogP contribution < -0.4 is 4.74 Å². The summed E-state index contributed by atoms with van der Waals surface area (Å²) in [6, 6.07) is 3.77. The summed E-state index contributed by atoms with van der Waals surface area (Å²) >= 11 is 0. The van der Waals surface area contributed by atoms with E-state index in [4.69, 9.17) is 14.6 Å². The SMILES string of the molecule is CCOCCCS(=O)(=O)c1cc(C(=O)O)ccc1OC. The van der Waals surface area contributed by atoms with Crippen LogP contribution in [0.4, 0.5) is 0 Å². The Balaban J connectivity index is 3.02. The number of methoxy groups -OCH3 is 1. The molecule has 0 amide bonds. The highest BCUT2D eigenvalue weighted by atomic mass is 32.2. The van der Waals surface area contributed by atoms with Crippen molar-refractivity contribution in [2.75, 3.05) is 26.1 Å². The van der Waals surface area contributed by atoms with Gasteiger partial charge in [-0.3, -0.25) is 0 Å². The Morgan fingerprint density at radius 3 is 2.60 bits per heavy atom. The summed E-state index contributed by atoms with van der Waals surface area (Å²) in [4.78, 5) is 10.8. The zero-order chi connectivity index (χ0) is 15.2. The number of carbonyl (C=O) groups is 1. The maximum absolute atomic E-state index is 12.2. The second-order valence-corrected chi connectivity index (χ2v) is 6.12. The van der Waals surface area contributed by atoms with Crippen LogP contribution >= 0.6 is 0 Å². The van der Waals surface area contributed by atoms with Gasteiger partial charge in [0.1, 0.15) is 10.6 Å². The van der Waals surface area contributed by atoms with Crippen molar-refractivity contribution in [3.8, 4) is 5.75 Å². The summed E-state index contributed by atoms with van der Waals surface area (Å²) in [6.45, 7) is 2.70. The van der Waals surface area contributed by atoms with Gasteiger partial charge in [-0.05, 0) is 31.5 Å². The van der Waals surface area contributed by atoms with Crippen LogP contribution in [0, 0.1) is 0 Å². The van der Waals surface area contributed by atoms with Gasteiger partial charge >= 0.3 is 5.97 Å². The van der Waals surface area contributed by atoms with Crippen LogP contribution in [0.3, 0.4) is 0 Å². The summed E-state index contributed by atoms with van der Waals surface area (Å²) in [5, 5.41) is 8.93. The highest BCUT2D eigenvalue weighted by Crippen LogP contribution is 2.26. The fraction of sp³-hybridized carbons (Fsp3) is 0.462. The van der Waals surface area contributed by atoms with Gasteiger partial charge in [0.25, 0.3) is 0 Å². The average Bonchev–Trinajstić information content (AvgIpc) is 2.42. The molecule has 1 aromatic rings. The van der Waals surface area contributed by atoms with Crippen LogP contribution in [0.1, 0.15) is 23.7 Å². The van der Waals surface area contributed by atoms with Gasteiger partial charge in [0.2, 0.25) is 0 Å². The lowest BCUT2D eigenvalue weighted by Gasteiger charge is -2.10. The molecule has 0 atom stereocenters. The lowest BCUT2D eigenvalue weighted by Crippen LogP contribution is -2.12. The van der Waals surface area contributed by atoms with Crippen molar-refractivity contribution in [2.45, 2.75) is 18.2 Å². The molecule has 7 heteroatoms. The molecule has 0 unspecified atom stereocenters. The summed E-state index contributed by atoms with van der Waals surface area (Å²) in [5.74, 6) is -1.16. The molecule has 20 heavy (non-hydrogen) atoms. The minimum Gasteiger partial charge on any atom is -0.495 e. The number of hydrogen-bond donors (Lipinski definition) is 1. The van der Waals surface area contributed by atoms with E-state index in [-0.39, 0.29) is 22.0 Å². The summed E-state index contributed by atoms with van der Waals surface area (Å²) < 4.78 is 34.5. The largest absolute Gasteiger partial charge is 0.495 e. The third kappa shape index (κ3) is 4.21. The minimum atomic E-state index is -3.61. The van der Waals surface area contributed by atoms with Gasteiger partial charge in [-0.25, -0.2) is 13.2 Å². The van der Waals surface area contributed by atoms with E-state index in [1.54, 1.807) is 0 Å². The Morgan fingerprint density at radius 2 is 2.05 bits per heavy atom. The molecule has 1 N–H and O–H groups in total.